The van der Waals surface area contributed by atoms with Gasteiger partial charge in [-0.25, -0.2) is 0 Å². The Morgan fingerprint density at radius 1 is 0.962 bits per heavy atom. The number of alkyl halides is 7. The molecule has 0 saturated carbocycles. The van der Waals surface area contributed by atoms with Gasteiger partial charge in [0, 0.05) is 31.2 Å². The molecule has 0 atom stereocenters. The van der Waals surface area contributed by atoms with Gasteiger partial charge < -0.3 is 5.73 Å². The second kappa shape index (κ2) is 7.23. The van der Waals surface area contributed by atoms with Gasteiger partial charge >= 0.3 is 17.4 Å². The highest BCUT2D eigenvalue weighted by Gasteiger charge is 2.73. The maximum Gasteiger partial charge on any atom is 0.460 e. The van der Waals surface area contributed by atoms with E-state index in [2.05, 4.69) is 37.9 Å². The van der Waals surface area contributed by atoms with Crippen LogP contribution in [0.25, 0.3) is 11.1 Å². The maximum absolute atomic E-state index is 13.8. The van der Waals surface area contributed by atoms with Crippen molar-refractivity contribution < 1.29 is 30.7 Å². The minimum Gasteiger partial charge on any atom is -0.399 e. The van der Waals surface area contributed by atoms with Gasteiger partial charge in [0.15, 0.2) is 0 Å². The molecule has 0 aliphatic heterocycles. The van der Waals surface area contributed by atoms with Crippen LogP contribution in [0.1, 0.15) is 0 Å². The molecule has 141 valence electrons. The Bertz CT molecular complexity index is 824. The number of hydrogen-bond acceptors (Lipinski definition) is 2. The van der Waals surface area contributed by atoms with Crippen LogP contribution in [0, 0.1) is 6.07 Å². The molecule has 26 heavy (non-hydrogen) atoms. The highest BCUT2D eigenvalue weighted by atomic mass is 79.9. The molecule has 0 unspecified atom stereocenters. The molecule has 11 heteroatoms. The van der Waals surface area contributed by atoms with Crippen LogP contribution in [0.3, 0.4) is 0 Å². The van der Waals surface area contributed by atoms with E-state index >= 15 is 0 Å². The highest BCUT2D eigenvalue weighted by Crippen LogP contribution is 2.56. The molecule has 0 aliphatic rings. The van der Waals surface area contributed by atoms with Gasteiger partial charge in [-0.1, -0.05) is 28.1 Å². The third-order valence-electron chi connectivity index (χ3n) is 3.09. The topological polar surface area (TPSA) is 26.0 Å². The number of benzene rings is 2. The summed E-state index contributed by atoms with van der Waals surface area (Å²) in [5.74, 6) is -6.23. The molecule has 0 spiro atoms. The van der Waals surface area contributed by atoms with Crippen LogP contribution >= 0.6 is 43.6 Å². The molecule has 0 aromatic heterocycles. The van der Waals surface area contributed by atoms with Gasteiger partial charge in [-0.3, -0.25) is 0 Å². The third-order valence-corrected chi connectivity index (χ3v) is 5.16. The van der Waals surface area contributed by atoms with Crippen molar-refractivity contribution in [3.63, 3.8) is 0 Å². The fourth-order valence-electron chi connectivity index (χ4n) is 1.91. The van der Waals surface area contributed by atoms with Gasteiger partial charge in [0.2, 0.25) is 0 Å². The van der Waals surface area contributed by atoms with Crippen molar-refractivity contribution in [2.45, 2.75) is 22.2 Å². The molecule has 2 aromatic carbocycles. The van der Waals surface area contributed by atoms with Gasteiger partial charge in [0.25, 0.3) is 0 Å². The molecular formula is C15H7Br2F7NS. The minimum absolute atomic E-state index is 0.0388. The summed E-state index contributed by atoms with van der Waals surface area (Å²) in [6.45, 7) is 0. The predicted octanol–water partition coefficient (Wildman–Crippen LogP) is 7.14. The largest absolute Gasteiger partial charge is 0.460 e. The first-order valence-electron chi connectivity index (χ1n) is 6.55. The van der Waals surface area contributed by atoms with Crippen molar-refractivity contribution in [3.8, 4) is 11.1 Å². The Morgan fingerprint density at radius 3 is 2.12 bits per heavy atom. The number of nitrogens with two attached hydrogens (primary N) is 1. The van der Waals surface area contributed by atoms with E-state index in [1.807, 2.05) is 0 Å². The van der Waals surface area contributed by atoms with Crippen LogP contribution in [0.2, 0.25) is 0 Å². The van der Waals surface area contributed by atoms with Gasteiger partial charge in [-0.2, -0.15) is 30.7 Å². The molecule has 0 aliphatic carbocycles. The zero-order valence-corrected chi connectivity index (χ0v) is 16.3. The first-order chi connectivity index (χ1) is 11.8. The smallest absolute Gasteiger partial charge is 0.399 e. The summed E-state index contributed by atoms with van der Waals surface area (Å²) < 4.78 is 91.5. The Hall–Kier alpha value is -0.940. The lowest BCUT2D eigenvalue weighted by molar-refractivity contribution is -0.330. The van der Waals surface area contributed by atoms with Gasteiger partial charge in [-0.15, -0.1) is 0 Å². The lowest BCUT2D eigenvalue weighted by Gasteiger charge is -2.28. The minimum atomic E-state index is -6.41. The molecule has 0 saturated heterocycles. The molecule has 2 rings (SSSR count). The average Bonchev–Trinajstić information content (AvgIpc) is 2.44. The molecule has 0 bridgehead atoms. The lowest BCUT2D eigenvalue weighted by atomic mass is 10.1. The summed E-state index contributed by atoms with van der Waals surface area (Å²) in [4.78, 5) is -0.512. The Balaban J connectivity index is 2.60. The van der Waals surface area contributed by atoms with E-state index in [1.54, 1.807) is 0 Å². The lowest BCUT2D eigenvalue weighted by Crippen LogP contribution is -2.49. The molecule has 0 fully saturated rings. The van der Waals surface area contributed by atoms with Crippen molar-refractivity contribution in [1.82, 2.24) is 0 Å². The third kappa shape index (κ3) is 4.14. The predicted molar refractivity (Wildman–Crippen MR) is 92.3 cm³/mol. The van der Waals surface area contributed by atoms with E-state index in [4.69, 9.17) is 5.73 Å². The first kappa shape index (κ1) is 21.4. The zero-order chi connectivity index (χ0) is 19.9. The van der Waals surface area contributed by atoms with Crippen molar-refractivity contribution in [2.75, 3.05) is 5.73 Å². The average molecular weight is 526 g/mol. The highest BCUT2D eigenvalue weighted by molar-refractivity contribution is 9.11. The van der Waals surface area contributed by atoms with E-state index in [0.29, 0.717) is 0 Å². The summed E-state index contributed by atoms with van der Waals surface area (Å²) in [6.07, 6.45) is -6.41. The van der Waals surface area contributed by atoms with E-state index < -0.39 is 34.0 Å². The molecule has 1 radical (unpaired) electrons. The fourth-order valence-corrected chi connectivity index (χ4v) is 4.56. The Morgan fingerprint density at radius 2 is 1.58 bits per heavy atom. The molecular weight excluding hydrogens is 519 g/mol. The Labute approximate surface area is 164 Å². The van der Waals surface area contributed by atoms with Crippen LogP contribution in [-0.4, -0.2) is 17.4 Å². The molecule has 2 aromatic rings. The van der Waals surface area contributed by atoms with Gasteiger partial charge in [-0.05, 0) is 51.5 Å². The fraction of sp³-hybridized carbons (Fsp3) is 0.200. The number of anilines is 1. The summed E-state index contributed by atoms with van der Waals surface area (Å²) in [6, 6.07) is 9.45. The maximum atomic E-state index is 13.8. The summed E-state index contributed by atoms with van der Waals surface area (Å²) in [5, 5.41) is -5.44. The van der Waals surface area contributed by atoms with E-state index in [1.165, 1.54) is 24.3 Å². The number of hydrogen-bond donors (Lipinski definition) is 1. The van der Waals surface area contributed by atoms with Gasteiger partial charge in [0.05, 0.1) is 0 Å². The zero-order valence-electron chi connectivity index (χ0n) is 12.3. The SMILES string of the molecule is Nc1cccc(-c2c(Br)[c]c(Br)cc2SC(F)(F)C(F)(F)C(F)(F)F)c1. The van der Waals surface area contributed by atoms with E-state index in [9.17, 15) is 30.7 Å². The van der Waals surface area contributed by atoms with Crippen molar-refractivity contribution >= 4 is 49.3 Å². The van der Waals surface area contributed by atoms with Crippen LogP contribution < -0.4 is 5.73 Å². The second-order valence-corrected chi connectivity index (χ2v) is 7.79. The number of halogens is 9. The monoisotopic (exact) mass is 524 g/mol. The van der Waals surface area contributed by atoms with Crippen LogP contribution in [0.4, 0.5) is 36.4 Å². The summed E-state index contributed by atoms with van der Waals surface area (Å²) in [5.41, 5.74) is 6.08. The normalized spacial score (nSPS) is 13.1. The molecule has 1 nitrogen and oxygen atoms in total. The number of rotatable bonds is 4. The first-order valence-corrected chi connectivity index (χ1v) is 8.95. The van der Waals surface area contributed by atoms with Crippen molar-refractivity contribution in [2.24, 2.45) is 0 Å². The number of thioether (sulfide) groups is 1. The quantitative estimate of drug-likeness (QED) is 0.261. The molecule has 0 amide bonds. The second-order valence-electron chi connectivity index (χ2n) is 4.99. The van der Waals surface area contributed by atoms with E-state index in [0.717, 1.165) is 6.07 Å². The standard InChI is InChI=1S/C15H7Br2F7NS/c16-8-5-10(17)12(7-2-1-3-9(25)4-7)11(6-8)26-15(23,24)13(18,19)14(20,21)22/h1-4,6H,25H2. The Kier molecular flexibility index (Phi) is 5.94. The molecule has 2 N–H and O–H groups in total. The van der Waals surface area contributed by atoms with Gasteiger partial charge in [0.1, 0.15) is 0 Å². The van der Waals surface area contributed by atoms with Crippen LogP contribution in [0.5, 0.6) is 0 Å². The summed E-state index contributed by atoms with van der Waals surface area (Å²) in [7, 11) is 0. The van der Waals surface area contributed by atoms with Crippen molar-refractivity contribution in [3.05, 3.63) is 45.3 Å². The van der Waals surface area contributed by atoms with Crippen molar-refractivity contribution in [1.29, 1.82) is 0 Å². The molecule has 0 heterocycles. The number of nitrogen functional groups attached to an aromatic ring is 1. The van der Waals surface area contributed by atoms with Crippen LogP contribution in [-0.2, 0) is 0 Å². The van der Waals surface area contributed by atoms with E-state index in [-0.39, 0.29) is 25.8 Å². The summed E-state index contributed by atoms with van der Waals surface area (Å²) >= 11 is 5.13. The van der Waals surface area contributed by atoms with Crippen LogP contribution in [0.15, 0.2) is 44.2 Å².